The highest BCUT2D eigenvalue weighted by Gasteiger charge is 2.37. The van der Waals surface area contributed by atoms with Crippen molar-refractivity contribution in [1.82, 2.24) is 9.13 Å². The van der Waals surface area contributed by atoms with Crippen LogP contribution in [0.2, 0.25) is 0 Å². The zero-order valence-electron chi connectivity index (χ0n) is 33.5. The minimum absolute atomic E-state index is 0.208. The van der Waals surface area contributed by atoms with Crippen LogP contribution >= 0.6 is 0 Å². The quantitative estimate of drug-likeness (QED) is 0.170. The Morgan fingerprint density at radius 3 is 1.33 bits per heavy atom. The van der Waals surface area contributed by atoms with E-state index in [-0.39, 0.29) is 5.41 Å². The lowest BCUT2D eigenvalue weighted by Gasteiger charge is -2.42. The lowest BCUT2D eigenvalue weighted by Crippen LogP contribution is -2.30. The van der Waals surface area contributed by atoms with Crippen molar-refractivity contribution in [3.05, 3.63) is 223 Å². The predicted octanol–water partition coefficient (Wildman–Crippen LogP) is 15.3. The van der Waals surface area contributed by atoms with Crippen LogP contribution in [0.1, 0.15) is 25.0 Å². The number of hydrogen-bond acceptors (Lipinski definition) is 1. The van der Waals surface area contributed by atoms with Gasteiger partial charge in [0.25, 0.3) is 0 Å². The molecule has 0 saturated carbocycles. The SMILES string of the molecule is CC1(C)c2ccccc2N(c2ccc(-c3ccc4c(c3)c3ccccc3n4-c3ccccc3)cc2)c2ccc(-c3ccc4c(c3)c3ccccc3n4-c3ccccc3)cc21. The van der Waals surface area contributed by atoms with E-state index in [0.717, 1.165) is 5.69 Å². The second-order valence-corrected chi connectivity index (χ2v) is 16.6. The van der Waals surface area contributed by atoms with E-state index in [0.29, 0.717) is 0 Å². The molecule has 0 fully saturated rings. The summed E-state index contributed by atoms with van der Waals surface area (Å²) < 4.78 is 4.76. The van der Waals surface area contributed by atoms with Gasteiger partial charge in [0.15, 0.2) is 0 Å². The highest BCUT2D eigenvalue weighted by molar-refractivity contribution is 6.11. The Kier molecular flexibility index (Phi) is 7.58. The third-order valence-corrected chi connectivity index (χ3v) is 12.9. The van der Waals surface area contributed by atoms with Crippen molar-refractivity contribution in [3.8, 4) is 33.6 Å². The molecule has 0 amide bonds. The van der Waals surface area contributed by atoms with Crippen molar-refractivity contribution in [1.29, 1.82) is 0 Å². The van der Waals surface area contributed by atoms with E-state index in [1.165, 1.54) is 99.7 Å². The van der Waals surface area contributed by atoms with Gasteiger partial charge in [0.1, 0.15) is 0 Å². The summed E-state index contributed by atoms with van der Waals surface area (Å²) in [6, 6.07) is 77.9. The summed E-state index contributed by atoms with van der Waals surface area (Å²) in [5.41, 5.74) is 18.1. The zero-order chi connectivity index (χ0) is 40.0. The maximum Gasteiger partial charge on any atom is 0.0541 e. The molecule has 12 rings (SSSR count). The standard InChI is InChI=1S/C57H41N3/c1-57(2)49-21-11-14-24-55(49)60(44-30-25-38(26-31-44)39-27-32-53-47(35-39)45-19-9-12-22-51(45)58(53)42-15-5-3-6-16-42)56-34-29-41(37-50(56)57)40-28-33-54-48(36-40)46-20-10-13-23-52(46)59(54)43-17-7-4-8-18-43/h3-37H,1-2H3. The molecule has 0 N–H and O–H groups in total. The first-order valence-corrected chi connectivity index (χ1v) is 20.9. The number of benzene rings is 9. The molecule has 1 aliphatic heterocycles. The monoisotopic (exact) mass is 767 g/mol. The van der Waals surface area contributed by atoms with Crippen LogP contribution in [0.15, 0.2) is 212 Å². The molecule has 1 aliphatic rings. The smallest absolute Gasteiger partial charge is 0.0541 e. The Hall–Kier alpha value is -7.62. The Morgan fingerprint density at radius 1 is 0.300 bits per heavy atom. The van der Waals surface area contributed by atoms with Gasteiger partial charge < -0.3 is 14.0 Å². The van der Waals surface area contributed by atoms with Crippen LogP contribution in [-0.2, 0) is 5.41 Å². The van der Waals surface area contributed by atoms with E-state index in [1.54, 1.807) is 0 Å². The van der Waals surface area contributed by atoms with Crippen molar-refractivity contribution < 1.29 is 0 Å². The van der Waals surface area contributed by atoms with Crippen molar-refractivity contribution in [2.24, 2.45) is 0 Å². The molecule has 3 nitrogen and oxygen atoms in total. The van der Waals surface area contributed by atoms with E-state index in [1.807, 2.05) is 0 Å². The molecule has 0 aliphatic carbocycles. The number of hydrogen-bond donors (Lipinski definition) is 0. The molecular weight excluding hydrogens is 727 g/mol. The van der Waals surface area contributed by atoms with E-state index in [4.69, 9.17) is 0 Å². The molecule has 2 aromatic heterocycles. The maximum absolute atomic E-state index is 2.46. The molecule has 284 valence electrons. The van der Waals surface area contributed by atoms with E-state index >= 15 is 0 Å². The summed E-state index contributed by atoms with van der Waals surface area (Å²) in [6.45, 7) is 4.74. The molecule has 0 spiro atoms. The molecule has 3 heterocycles. The highest BCUT2D eigenvalue weighted by Crippen LogP contribution is 2.53. The molecule has 0 saturated heterocycles. The fraction of sp³-hybridized carbons (Fsp3) is 0.0526. The fourth-order valence-corrected chi connectivity index (χ4v) is 9.98. The van der Waals surface area contributed by atoms with Crippen molar-refractivity contribution >= 4 is 60.7 Å². The van der Waals surface area contributed by atoms with Crippen LogP contribution in [0.5, 0.6) is 0 Å². The molecular formula is C57H41N3. The van der Waals surface area contributed by atoms with Crippen molar-refractivity contribution in [2.75, 3.05) is 4.90 Å². The molecule has 9 aromatic carbocycles. The second-order valence-electron chi connectivity index (χ2n) is 16.6. The highest BCUT2D eigenvalue weighted by atomic mass is 15.2. The minimum Gasteiger partial charge on any atom is -0.310 e. The van der Waals surface area contributed by atoms with E-state index in [9.17, 15) is 0 Å². The van der Waals surface area contributed by atoms with Gasteiger partial charge in [0, 0.05) is 44.0 Å². The van der Waals surface area contributed by atoms with Gasteiger partial charge in [0.2, 0.25) is 0 Å². The van der Waals surface area contributed by atoms with E-state index < -0.39 is 0 Å². The predicted molar refractivity (Wildman–Crippen MR) is 253 cm³/mol. The molecule has 0 atom stereocenters. The Balaban J connectivity index is 0.949. The molecule has 3 heteroatoms. The number of nitrogens with zero attached hydrogens (tertiary/aromatic N) is 3. The molecule has 0 bridgehead atoms. The first-order valence-electron chi connectivity index (χ1n) is 20.9. The summed E-state index contributed by atoms with van der Waals surface area (Å²) in [7, 11) is 0. The third kappa shape index (κ3) is 5.15. The summed E-state index contributed by atoms with van der Waals surface area (Å²) in [5, 5.41) is 5.04. The number of rotatable bonds is 5. The van der Waals surface area contributed by atoms with Gasteiger partial charge in [-0.15, -0.1) is 0 Å². The molecule has 11 aromatic rings. The minimum atomic E-state index is -0.208. The Morgan fingerprint density at radius 2 is 0.733 bits per heavy atom. The van der Waals surface area contributed by atoms with Gasteiger partial charge in [-0.05, 0) is 124 Å². The number of fused-ring (bicyclic) bond motifs is 8. The molecule has 60 heavy (non-hydrogen) atoms. The fourth-order valence-electron chi connectivity index (χ4n) is 9.98. The van der Waals surface area contributed by atoms with Crippen LogP contribution in [0.25, 0.3) is 77.2 Å². The number of anilines is 3. The van der Waals surface area contributed by atoms with E-state index in [2.05, 4.69) is 240 Å². The first-order chi connectivity index (χ1) is 29.5. The summed E-state index contributed by atoms with van der Waals surface area (Å²) in [5.74, 6) is 0. The van der Waals surface area contributed by atoms with Crippen LogP contribution in [0.4, 0.5) is 17.1 Å². The largest absolute Gasteiger partial charge is 0.310 e. The van der Waals surface area contributed by atoms with Crippen LogP contribution in [0, 0.1) is 0 Å². The van der Waals surface area contributed by atoms with Crippen LogP contribution in [-0.4, -0.2) is 9.13 Å². The van der Waals surface area contributed by atoms with Gasteiger partial charge in [-0.2, -0.15) is 0 Å². The van der Waals surface area contributed by atoms with Crippen LogP contribution < -0.4 is 4.90 Å². The summed E-state index contributed by atoms with van der Waals surface area (Å²) in [6.07, 6.45) is 0. The normalized spacial score (nSPS) is 13.3. The van der Waals surface area contributed by atoms with Gasteiger partial charge in [-0.25, -0.2) is 0 Å². The first kappa shape index (κ1) is 34.4. The zero-order valence-corrected chi connectivity index (χ0v) is 33.5. The Bertz CT molecular complexity index is 3440. The number of para-hydroxylation sites is 5. The second kappa shape index (κ2) is 13.2. The van der Waals surface area contributed by atoms with Gasteiger partial charge in [-0.3, -0.25) is 0 Å². The molecule has 0 radical (unpaired) electrons. The topological polar surface area (TPSA) is 13.1 Å². The lowest BCUT2D eigenvalue weighted by molar-refractivity contribution is 0.632. The average molecular weight is 768 g/mol. The molecule has 0 unspecified atom stereocenters. The summed E-state index contributed by atoms with van der Waals surface area (Å²) in [4.78, 5) is 2.46. The van der Waals surface area contributed by atoms with Crippen molar-refractivity contribution in [3.63, 3.8) is 0 Å². The van der Waals surface area contributed by atoms with Gasteiger partial charge in [0.05, 0.1) is 33.4 Å². The summed E-state index contributed by atoms with van der Waals surface area (Å²) >= 11 is 0. The lowest BCUT2D eigenvalue weighted by atomic mass is 9.73. The Labute approximate surface area is 349 Å². The van der Waals surface area contributed by atoms with Gasteiger partial charge >= 0.3 is 0 Å². The average Bonchev–Trinajstić information content (AvgIpc) is 3.82. The number of aromatic nitrogens is 2. The van der Waals surface area contributed by atoms with Crippen LogP contribution in [0.3, 0.4) is 0 Å². The third-order valence-electron chi connectivity index (χ3n) is 12.9. The van der Waals surface area contributed by atoms with Crippen molar-refractivity contribution in [2.45, 2.75) is 19.3 Å². The van der Waals surface area contributed by atoms with Gasteiger partial charge in [-0.1, -0.05) is 135 Å². The maximum atomic E-state index is 2.46.